The second-order valence-electron chi connectivity index (χ2n) is 7.35. The normalized spacial score (nSPS) is 15.6. The molecule has 1 heterocycles. The van der Waals surface area contributed by atoms with Gasteiger partial charge in [-0.25, -0.2) is 4.90 Å². The molecule has 3 aromatic rings. The lowest BCUT2D eigenvalue weighted by atomic mass is 10.1. The van der Waals surface area contributed by atoms with Gasteiger partial charge in [-0.3, -0.25) is 24.5 Å². The van der Waals surface area contributed by atoms with Gasteiger partial charge in [-0.15, -0.1) is 0 Å². The van der Waals surface area contributed by atoms with Gasteiger partial charge in [0, 0.05) is 24.2 Å². The third-order valence-electron chi connectivity index (χ3n) is 5.27. The average molecular weight is 429 g/mol. The van der Waals surface area contributed by atoms with Gasteiger partial charge >= 0.3 is 0 Å². The Morgan fingerprint density at radius 1 is 0.969 bits per heavy atom. The minimum absolute atomic E-state index is 0.0774. The smallest absolute Gasteiger partial charge is 0.270 e. The van der Waals surface area contributed by atoms with Crippen LogP contribution in [0.3, 0.4) is 0 Å². The topological polar surface area (TPSA) is 101 Å². The fourth-order valence-corrected chi connectivity index (χ4v) is 3.73. The third-order valence-corrected chi connectivity index (χ3v) is 5.27. The van der Waals surface area contributed by atoms with E-state index in [9.17, 15) is 24.5 Å². The lowest BCUT2D eigenvalue weighted by Crippen LogP contribution is -2.45. The lowest BCUT2D eigenvalue weighted by molar-refractivity contribution is -0.384. The zero-order chi connectivity index (χ0) is 22.7. The summed E-state index contributed by atoms with van der Waals surface area (Å²) in [5.41, 5.74) is 1.06. The van der Waals surface area contributed by atoms with E-state index in [0.29, 0.717) is 5.69 Å². The van der Waals surface area contributed by atoms with Crippen LogP contribution in [0.5, 0.6) is 0 Å². The third kappa shape index (κ3) is 4.11. The van der Waals surface area contributed by atoms with E-state index in [2.05, 4.69) is 0 Å². The second kappa shape index (κ2) is 8.81. The molecule has 0 spiro atoms. The van der Waals surface area contributed by atoms with Gasteiger partial charge < -0.3 is 4.90 Å². The maximum Gasteiger partial charge on any atom is 0.270 e. The number of nitrogens with zero attached hydrogens (tertiary/aromatic N) is 3. The largest absolute Gasteiger partial charge is 0.322 e. The van der Waals surface area contributed by atoms with Crippen LogP contribution in [0.2, 0.25) is 0 Å². The summed E-state index contributed by atoms with van der Waals surface area (Å²) in [6, 6.07) is 21.9. The van der Waals surface area contributed by atoms with E-state index in [1.54, 1.807) is 30.3 Å². The van der Waals surface area contributed by atoms with Gasteiger partial charge in [-0.05, 0) is 23.8 Å². The predicted molar refractivity (Wildman–Crippen MR) is 117 cm³/mol. The molecule has 3 aromatic carbocycles. The zero-order valence-corrected chi connectivity index (χ0v) is 17.0. The number of para-hydroxylation sites is 1. The van der Waals surface area contributed by atoms with Crippen molar-refractivity contribution in [2.75, 3.05) is 4.90 Å². The molecule has 1 aliphatic heterocycles. The van der Waals surface area contributed by atoms with Gasteiger partial charge in [0.05, 0.1) is 17.0 Å². The summed E-state index contributed by atoms with van der Waals surface area (Å²) in [6.45, 7) is 0.0781. The second-order valence-corrected chi connectivity index (χ2v) is 7.35. The van der Waals surface area contributed by atoms with Crippen LogP contribution in [0.15, 0.2) is 84.9 Å². The highest BCUT2D eigenvalue weighted by atomic mass is 16.6. The molecule has 0 bridgehead atoms. The summed E-state index contributed by atoms with van der Waals surface area (Å²) in [5, 5.41) is 11.2. The summed E-state index contributed by atoms with van der Waals surface area (Å²) in [4.78, 5) is 52.4. The monoisotopic (exact) mass is 429 g/mol. The van der Waals surface area contributed by atoms with Crippen molar-refractivity contribution in [2.45, 2.75) is 19.0 Å². The van der Waals surface area contributed by atoms with Gasteiger partial charge in [0.1, 0.15) is 6.04 Å². The number of hydrogen-bond acceptors (Lipinski definition) is 5. The number of rotatable bonds is 6. The van der Waals surface area contributed by atoms with Crippen molar-refractivity contribution in [1.82, 2.24) is 4.90 Å². The molecule has 0 N–H and O–H groups in total. The zero-order valence-electron chi connectivity index (χ0n) is 17.0. The summed E-state index contributed by atoms with van der Waals surface area (Å²) in [6.07, 6.45) is -0.165. The number of carbonyl (C=O) groups is 3. The van der Waals surface area contributed by atoms with E-state index < -0.39 is 28.7 Å². The maximum atomic E-state index is 13.4. The van der Waals surface area contributed by atoms with Crippen LogP contribution < -0.4 is 4.90 Å². The number of hydrogen-bond donors (Lipinski definition) is 0. The summed E-state index contributed by atoms with van der Waals surface area (Å²) in [5.74, 6) is -1.47. The molecule has 160 valence electrons. The molecule has 1 atom stereocenters. The van der Waals surface area contributed by atoms with Crippen molar-refractivity contribution >= 4 is 29.1 Å². The average Bonchev–Trinajstić information content (AvgIpc) is 3.11. The molecule has 0 saturated carbocycles. The molecule has 8 heteroatoms. The van der Waals surface area contributed by atoms with Gasteiger partial charge in [0.25, 0.3) is 17.5 Å². The van der Waals surface area contributed by atoms with Crippen LogP contribution in [0.25, 0.3) is 0 Å². The maximum absolute atomic E-state index is 13.4. The van der Waals surface area contributed by atoms with Gasteiger partial charge in [-0.1, -0.05) is 54.6 Å². The number of carbonyl (C=O) groups excluding carboxylic acids is 3. The van der Waals surface area contributed by atoms with Crippen LogP contribution in [-0.2, 0) is 16.1 Å². The van der Waals surface area contributed by atoms with E-state index >= 15 is 0 Å². The Kier molecular flexibility index (Phi) is 5.76. The Labute approximate surface area is 183 Å². The minimum Gasteiger partial charge on any atom is -0.322 e. The molecule has 0 radical (unpaired) electrons. The fraction of sp³-hybridized carbons (Fsp3) is 0.125. The van der Waals surface area contributed by atoms with Crippen LogP contribution in [0, 0.1) is 10.1 Å². The highest BCUT2D eigenvalue weighted by Crippen LogP contribution is 2.28. The van der Waals surface area contributed by atoms with E-state index in [0.717, 1.165) is 10.5 Å². The molecule has 32 heavy (non-hydrogen) atoms. The number of imide groups is 1. The molecule has 8 nitrogen and oxygen atoms in total. The Bertz CT molecular complexity index is 1180. The first-order valence-electron chi connectivity index (χ1n) is 9.97. The first-order chi connectivity index (χ1) is 15.5. The van der Waals surface area contributed by atoms with Crippen molar-refractivity contribution in [3.8, 4) is 0 Å². The molecule has 0 aliphatic carbocycles. The molecule has 1 fully saturated rings. The number of non-ortho nitro benzene ring substituents is 1. The van der Waals surface area contributed by atoms with Gasteiger partial charge in [0.2, 0.25) is 5.91 Å². The van der Waals surface area contributed by atoms with Crippen molar-refractivity contribution in [1.29, 1.82) is 0 Å². The number of amides is 3. The van der Waals surface area contributed by atoms with Gasteiger partial charge in [0.15, 0.2) is 0 Å². The van der Waals surface area contributed by atoms with Crippen LogP contribution in [0.1, 0.15) is 22.3 Å². The number of nitro benzene ring substituents is 1. The predicted octanol–water partition coefficient (Wildman–Crippen LogP) is 3.57. The van der Waals surface area contributed by atoms with E-state index in [-0.39, 0.29) is 24.2 Å². The Morgan fingerprint density at radius 3 is 2.28 bits per heavy atom. The summed E-state index contributed by atoms with van der Waals surface area (Å²) < 4.78 is 0. The molecule has 0 aromatic heterocycles. The fourth-order valence-electron chi connectivity index (χ4n) is 3.73. The van der Waals surface area contributed by atoms with Crippen LogP contribution in [-0.4, -0.2) is 33.6 Å². The summed E-state index contributed by atoms with van der Waals surface area (Å²) in [7, 11) is 0. The Morgan fingerprint density at radius 2 is 1.62 bits per heavy atom. The SMILES string of the molecule is O=C1CC(N(Cc2ccccc2)C(=O)c2cccc([N+](=O)[O-])c2)C(=O)N1c1ccccc1. The quantitative estimate of drug-likeness (QED) is 0.339. The number of nitro groups is 1. The highest BCUT2D eigenvalue weighted by Gasteiger charge is 2.44. The molecular weight excluding hydrogens is 410 g/mol. The molecule has 1 unspecified atom stereocenters. The first kappa shape index (κ1) is 20.9. The van der Waals surface area contributed by atoms with Crippen molar-refractivity contribution in [3.63, 3.8) is 0 Å². The van der Waals surface area contributed by atoms with Crippen LogP contribution >= 0.6 is 0 Å². The van der Waals surface area contributed by atoms with Crippen LogP contribution in [0.4, 0.5) is 11.4 Å². The highest BCUT2D eigenvalue weighted by molar-refractivity contribution is 6.23. The molecule has 1 saturated heterocycles. The van der Waals surface area contributed by atoms with Crippen molar-refractivity contribution in [2.24, 2.45) is 0 Å². The Balaban J connectivity index is 1.71. The number of benzene rings is 3. The minimum atomic E-state index is -1.02. The molecule has 4 rings (SSSR count). The summed E-state index contributed by atoms with van der Waals surface area (Å²) >= 11 is 0. The molecular formula is C24H19N3O5. The molecule has 3 amide bonds. The lowest BCUT2D eigenvalue weighted by Gasteiger charge is -2.28. The van der Waals surface area contributed by atoms with Crippen molar-refractivity contribution in [3.05, 3.63) is 106 Å². The molecule has 1 aliphatic rings. The van der Waals surface area contributed by atoms with E-state index in [1.807, 2.05) is 30.3 Å². The standard InChI is InChI=1S/C24H19N3O5/c28-22-15-21(24(30)26(22)19-11-5-2-6-12-19)25(16-17-8-3-1-4-9-17)23(29)18-10-7-13-20(14-18)27(31)32/h1-14,21H,15-16H2. The van der Waals surface area contributed by atoms with E-state index in [4.69, 9.17) is 0 Å². The van der Waals surface area contributed by atoms with Gasteiger partial charge in [-0.2, -0.15) is 0 Å². The van der Waals surface area contributed by atoms with E-state index in [1.165, 1.54) is 29.2 Å². The first-order valence-corrected chi connectivity index (χ1v) is 9.97. The van der Waals surface area contributed by atoms with Crippen molar-refractivity contribution < 1.29 is 19.3 Å². The Hall–Kier alpha value is -4.33. The number of anilines is 1.